The molecule has 0 heterocycles. The molecule has 0 aliphatic carbocycles. The molecular formula is C17H23N3O7. The summed E-state index contributed by atoms with van der Waals surface area (Å²) in [5, 5.41) is 4.76. The van der Waals surface area contributed by atoms with Crippen LogP contribution >= 0.6 is 0 Å². The van der Waals surface area contributed by atoms with Crippen molar-refractivity contribution in [3.05, 3.63) is 23.8 Å². The smallest absolute Gasteiger partial charge is 0.325 e. The zero-order valence-electron chi connectivity index (χ0n) is 15.7. The first-order chi connectivity index (χ1) is 12.8. The predicted octanol–water partition coefficient (Wildman–Crippen LogP) is -0.819. The lowest BCUT2D eigenvalue weighted by Gasteiger charge is -2.16. The molecule has 0 fully saturated rings. The fourth-order valence-electron chi connectivity index (χ4n) is 1.88. The van der Waals surface area contributed by atoms with E-state index in [0.717, 1.165) is 4.90 Å². The number of ether oxygens (including phenoxy) is 3. The van der Waals surface area contributed by atoms with Gasteiger partial charge in [-0.05, 0) is 12.1 Å². The van der Waals surface area contributed by atoms with Gasteiger partial charge in [-0.1, -0.05) is 0 Å². The van der Waals surface area contributed by atoms with Gasteiger partial charge in [0.25, 0.3) is 11.8 Å². The first-order valence-corrected chi connectivity index (χ1v) is 7.92. The molecule has 1 aromatic rings. The van der Waals surface area contributed by atoms with Gasteiger partial charge < -0.3 is 29.7 Å². The van der Waals surface area contributed by atoms with Gasteiger partial charge in [0.1, 0.15) is 18.0 Å². The molecule has 0 atom stereocenters. The molecule has 0 spiro atoms. The Kier molecular flexibility index (Phi) is 8.57. The van der Waals surface area contributed by atoms with E-state index in [1.165, 1.54) is 40.4 Å². The number of hydrogen-bond donors (Lipinski definition) is 2. The van der Waals surface area contributed by atoms with Gasteiger partial charge in [-0.15, -0.1) is 0 Å². The molecule has 0 unspecified atom stereocenters. The zero-order chi connectivity index (χ0) is 20.4. The molecule has 1 rings (SSSR count). The van der Waals surface area contributed by atoms with Gasteiger partial charge in [-0.25, -0.2) is 0 Å². The summed E-state index contributed by atoms with van der Waals surface area (Å²) in [5.74, 6) is -1.38. The van der Waals surface area contributed by atoms with Gasteiger partial charge in [0.15, 0.2) is 6.61 Å². The Morgan fingerprint density at radius 3 is 2.15 bits per heavy atom. The number of nitrogens with one attached hydrogen (secondary N) is 2. The minimum atomic E-state index is -0.792. The molecule has 27 heavy (non-hydrogen) atoms. The van der Waals surface area contributed by atoms with Crippen molar-refractivity contribution >= 4 is 23.7 Å². The van der Waals surface area contributed by atoms with Crippen LogP contribution in [-0.2, 0) is 19.1 Å². The molecule has 148 valence electrons. The highest BCUT2D eigenvalue weighted by Gasteiger charge is 2.16. The minimum absolute atomic E-state index is 0.151. The minimum Gasteiger partial charge on any atom is -0.497 e. The summed E-state index contributed by atoms with van der Waals surface area (Å²) in [4.78, 5) is 47.9. The van der Waals surface area contributed by atoms with Gasteiger partial charge in [0, 0.05) is 25.7 Å². The van der Waals surface area contributed by atoms with Gasteiger partial charge in [-0.2, -0.15) is 0 Å². The van der Waals surface area contributed by atoms with E-state index in [1.54, 1.807) is 6.07 Å². The SMILES string of the molecule is CNC(=O)CN(C)C(=O)COC(=O)CNC(=O)c1cc(OC)cc(OC)c1. The van der Waals surface area contributed by atoms with Crippen molar-refractivity contribution in [1.82, 2.24) is 15.5 Å². The number of likely N-dealkylation sites (N-methyl/N-ethyl adjacent to an activating group) is 2. The highest BCUT2D eigenvalue weighted by Crippen LogP contribution is 2.22. The van der Waals surface area contributed by atoms with Crippen molar-refractivity contribution in [3.8, 4) is 11.5 Å². The van der Waals surface area contributed by atoms with Gasteiger partial charge in [-0.3, -0.25) is 19.2 Å². The van der Waals surface area contributed by atoms with Crippen molar-refractivity contribution in [3.63, 3.8) is 0 Å². The molecule has 0 aliphatic heterocycles. The number of benzene rings is 1. The molecule has 0 saturated heterocycles. The Labute approximate surface area is 156 Å². The van der Waals surface area contributed by atoms with Crippen LogP contribution in [0.5, 0.6) is 11.5 Å². The lowest BCUT2D eigenvalue weighted by Crippen LogP contribution is -2.39. The molecule has 0 saturated carbocycles. The van der Waals surface area contributed by atoms with E-state index in [-0.39, 0.29) is 18.0 Å². The van der Waals surface area contributed by atoms with Gasteiger partial charge in [0.05, 0.1) is 20.8 Å². The number of carbonyl (C=O) groups excluding carboxylic acids is 4. The van der Waals surface area contributed by atoms with Crippen LogP contribution < -0.4 is 20.1 Å². The Morgan fingerprint density at radius 2 is 1.63 bits per heavy atom. The normalized spacial score (nSPS) is 9.78. The van der Waals surface area contributed by atoms with Crippen molar-refractivity contribution in [2.75, 3.05) is 48.0 Å². The van der Waals surface area contributed by atoms with Crippen molar-refractivity contribution < 1.29 is 33.4 Å². The first-order valence-electron chi connectivity index (χ1n) is 7.92. The Hall–Kier alpha value is -3.30. The summed E-state index contributed by atoms with van der Waals surface area (Å²) in [7, 11) is 5.75. The Bertz CT molecular complexity index is 684. The second kappa shape index (κ2) is 10.6. The highest BCUT2D eigenvalue weighted by molar-refractivity contribution is 5.96. The number of rotatable bonds is 9. The van der Waals surface area contributed by atoms with Crippen molar-refractivity contribution in [2.45, 2.75) is 0 Å². The second-order valence-corrected chi connectivity index (χ2v) is 5.37. The van der Waals surface area contributed by atoms with E-state index in [2.05, 4.69) is 10.6 Å². The summed E-state index contributed by atoms with van der Waals surface area (Å²) in [5.41, 5.74) is 0.236. The average Bonchev–Trinajstić information content (AvgIpc) is 2.69. The lowest BCUT2D eigenvalue weighted by molar-refractivity contribution is -0.151. The summed E-state index contributed by atoms with van der Waals surface area (Å²) in [6, 6.07) is 4.58. The number of amides is 3. The molecular weight excluding hydrogens is 358 g/mol. The summed E-state index contributed by atoms with van der Waals surface area (Å²) in [6.45, 7) is -1.11. The molecule has 3 amide bonds. The highest BCUT2D eigenvalue weighted by atomic mass is 16.5. The van der Waals surface area contributed by atoms with E-state index in [4.69, 9.17) is 14.2 Å². The molecule has 0 aromatic heterocycles. The third kappa shape index (κ3) is 7.22. The number of esters is 1. The quantitative estimate of drug-likeness (QED) is 0.536. The maximum absolute atomic E-state index is 12.1. The fourth-order valence-corrected chi connectivity index (χ4v) is 1.88. The van der Waals surface area contributed by atoms with E-state index in [0.29, 0.717) is 11.5 Å². The van der Waals surface area contributed by atoms with Crippen LogP contribution in [0.4, 0.5) is 0 Å². The second-order valence-electron chi connectivity index (χ2n) is 5.37. The van der Waals surface area contributed by atoms with E-state index < -0.39 is 30.9 Å². The van der Waals surface area contributed by atoms with Gasteiger partial charge >= 0.3 is 5.97 Å². The maximum Gasteiger partial charge on any atom is 0.325 e. The first kappa shape index (κ1) is 21.7. The number of methoxy groups -OCH3 is 2. The number of nitrogens with zero attached hydrogens (tertiary/aromatic N) is 1. The van der Waals surface area contributed by atoms with Crippen LogP contribution in [0.3, 0.4) is 0 Å². The van der Waals surface area contributed by atoms with Crippen LogP contribution in [0, 0.1) is 0 Å². The van der Waals surface area contributed by atoms with Crippen LogP contribution in [0.1, 0.15) is 10.4 Å². The molecule has 0 bridgehead atoms. The third-order valence-corrected chi connectivity index (χ3v) is 3.45. The van der Waals surface area contributed by atoms with Crippen LogP contribution in [-0.4, -0.2) is 76.6 Å². The van der Waals surface area contributed by atoms with E-state index in [1.807, 2.05) is 0 Å². The predicted molar refractivity (Wildman–Crippen MR) is 94.5 cm³/mol. The molecule has 1 aromatic carbocycles. The van der Waals surface area contributed by atoms with Crippen LogP contribution in [0.15, 0.2) is 18.2 Å². The lowest BCUT2D eigenvalue weighted by atomic mass is 10.2. The van der Waals surface area contributed by atoms with Crippen LogP contribution in [0.25, 0.3) is 0 Å². The van der Waals surface area contributed by atoms with E-state index >= 15 is 0 Å². The number of hydrogen-bond acceptors (Lipinski definition) is 7. The Morgan fingerprint density at radius 1 is 1.04 bits per heavy atom. The molecule has 2 N–H and O–H groups in total. The molecule has 10 nitrogen and oxygen atoms in total. The number of carbonyl (C=O) groups is 4. The fraction of sp³-hybridized carbons (Fsp3) is 0.412. The monoisotopic (exact) mass is 381 g/mol. The summed E-state index contributed by atoms with van der Waals surface area (Å²) >= 11 is 0. The average molecular weight is 381 g/mol. The van der Waals surface area contributed by atoms with Gasteiger partial charge in [0.2, 0.25) is 5.91 Å². The summed E-state index contributed by atoms with van der Waals surface area (Å²) in [6.07, 6.45) is 0. The standard InChI is InChI=1S/C17H23N3O7/c1-18-14(21)9-20(2)15(22)10-27-16(23)8-19-17(24)11-5-12(25-3)7-13(6-11)26-4/h5-7H,8-10H2,1-4H3,(H,18,21)(H,19,24). The van der Waals surface area contributed by atoms with E-state index in [9.17, 15) is 19.2 Å². The maximum atomic E-state index is 12.1. The summed E-state index contributed by atoms with van der Waals surface area (Å²) < 4.78 is 14.9. The molecule has 0 radical (unpaired) electrons. The molecule has 10 heteroatoms. The van der Waals surface area contributed by atoms with Crippen LogP contribution in [0.2, 0.25) is 0 Å². The third-order valence-electron chi connectivity index (χ3n) is 3.45. The zero-order valence-corrected chi connectivity index (χ0v) is 15.7. The largest absolute Gasteiger partial charge is 0.497 e. The van der Waals surface area contributed by atoms with Crippen molar-refractivity contribution in [1.29, 1.82) is 0 Å². The van der Waals surface area contributed by atoms with Crippen molar-refractivity contribution in [2.24, 2.45) is 0 Å². The topological polar surface area (TPSA) is 123 Å². The Balaban J connectivity index is 2.49. The molecule has 0 aliphatic rings.